The second-order valence-corrected chi connectivity index (χ2v) is 5.29. The highest BCUT2D eigenvalue weighted by Gasteiger charge is 2.10. The van der Waals surface area contributed by atoms with Crippen LogP contribution in [0.5, 0.6) is 0 Å². The Morgan fingerprint density at radius 1 is 1.05 bits per heavy atom. The van der Waals surface area contributed by atoms with Gasteiger partial charge in [-0.3, -0.25) is 0 Å². The predicted molar refractivity (Wildman–Crippen MR) is 88.7 cm³/mol. The Morgan fingerprint density at radius 3 is 2.14 bits per heavy atom. The average Bonchev–Trinajstić information content (AvgIpc) is 2.53. The lowest BCUT2D eigenvalue weighted by molar-refractivity contribution is -0.138. The number of carbonyl (C=O) groups excluding carboxylic acids is 1. The van der Waals surface area contributed by atoms with Gasteiger partial charge < -0.3 is 4.74 Å². The summed E-state index contributed by atoms with van der Waals surface area (Å²) in [7, 11) is 0. The summed E-state index contributed by atoms with van der Waals surface area (Å²) in [5.74, 6) is -0.345. The van der Waals surface area contributed by atoms with E-state index >= 15 is 0 Å². The minimum Gasteiger partial charge on any atom is -0.462 e. The molecular formula is C19H17NO2. The van der Waals surface area contributed by atoms with Gasteiger partial charge in [0.05, 0.1) is 17.6 Å². The van der Waals surface area contributed by atoms with E-state index in [0.29, 0.717) is 18.6 Å². The first kappa shape index (κ1) is 14.3. The summed E-state index contributed by atoms with van der Waals surface area (Å²) in [4.78, 5) is 16.2. The number of benzene rings is 2. The Hall–Kier alpha value is -2.68. The van der Waals surface area contributed by atoms with Gasteiger partial charge in [0.25, 0.3) is 0 Å². The third-order valence-corrected chi connectivity index (χ3v) is 3.63. The molecule has 3 aromatic rings. The number of nitrogens with zero attached hydrogens (tertiary/aromatic N) is 1. The van der Waals surface area contributed by atoms with Gasteiger partial charge >= 0.3 is 5.97 Å². The average molecular weight is 291 g/mol. The fraction of sp³-hybridized carbons (Fsp3) is 0.158. The summed E-state index contributed by atoms with van der Waals surface area (Å²) >= 11 is 0. The Kier molecular flexibility index (Phi) is 3.88. The van der Waals surface area contributed by atoms with Gasteiger partial charge in [0.2, 0.25) is 0 Å². The number of fused-ring (bicyclic) bond motifs is 2. The van der Waals surface area contributed by atoms with Gasteiger partial charge in [0, 0.05) is 22.8 Å². The van der Waals surface area contributed by atoms with Gasteiger partial charge in [-0.05, 0) is 24.6 Å². The van der Waals surface area contributed by atoms with E-state index < -0.39 is 0 Å². The number of carbonyl (C=O) groups is 1. The number of rotatable bonds is 4. The zero-order chi connectivity index (χ0) is 15.5. The van der Waals surface area contributed by atoms with Crippen molar-refractivity contribution in [1.29, 1.82) is 0 Å². The van der Waals surface area contributed by atoms with Gasteiger partial charge in [0.1, 0.15) is 0 Å². The number of para-hydroxylation sites is 2. The lowest BCUT2D eigenvalue weighted by Crippen LogP contribution is -2.08. The molecule has 3 rings (SSSR count). The van der Waals surface area contributed by atoms with Crippen molar-refractivity contribution >= 4 is 27.8 Å². The lowest BCUT2D eigenvalue weighted by atomic mass is 10.0. The van der Waals surface area contributed by atoms with Crippen molar-refractivity contribution in [1.82, 2.24) is 4.98 Å². The van der Waals surface area contributed by atoms with E-state index in [4.69, 9.17) is 4.74 Å². The normalized spacial score (nSPS) is 10.8. The van der Waals surface area contributed by atoms with Crippen LogP contribution in [0, 0.1) is 0 Å². The Morgan fingerprint density at radius 2 is 1.59 bits per heavy atom. The summed E-state index contributed by atoms with van der Waals surface area (Å²) in [6.45, 7) is 5.59. The molecule has 1 heterocycles. The van der Waals surface area contributed by atoms with Crippen LogP contribution in [0.4, 0.5) is 0 Å². The lowest BCUT2D eigenvalue weighted by Gasteiger charge is -2.11. The Bertz CT molecular complexity index is 814. The highest BCUT2D eigenvalue weighted by Crippen LogP contribution is 2.26. The van der Waals surface area contributed by atoms with Gasteiger partial charge in [-0.15, -0.1) is 0 Å². The van der Waals surface area contributed by atoms with E-state index in [1.54, 1.807) is 6.92 Å². The van der Waals surface area contributed by atoms with Crippen molar-refractivity contribution < 1.29 is 9.53 Å². The Labute approximate surface area is 129 Å². The van der Waals surface area contributed by atoms with Crippen molar-refractivity contribution in [2.75, 3.05) is 6.61 Å². The smallest absolute Gasteiger partial charge is 0.333 e. The highest BCUT2D eigenvalue weighted by atomic mass is 16.5. The summed E-state index contributed by atoms with van der Waals surface area (Å²) in [6.07, 6.45) is 0.655. The van der Waals surface area contributed by atoms with Crippen LogP contribution in [0.3, 0.4) is 0 Å². The number of ether oxygens (including phenoxy) is 1. The van der Waals surface area contributed by atoms with Crippen LogP contribution in [0.1, 0.15) is 12.5 Å². The SMILES string of the molecule is C=C(C)C(=O)OCCc1c2ccccc2nc2ccccc12. The maximum Gasteiger partial charge on any atom is 0.333 e. The largest absolute Gasteiger partial charge is 0.462 e. The molecule has 0 aliphatic carbocycles. The molecule has 0 amide bonds. The number of aromatic nitrogens is 1. The van der Waals surface area contributed by atoms with Crippen molar-refractivity contribution in [3.05, 3.63) is 66.2 Å². The molecule has 110 valence electrons. The Balaban J connectivity index is 2.01. The number of pyridine rings is 1. The molecule has 2 aromatic carbocycles. The van der Waals surface area contributed by atoms with E-state index in [1.165, 1.54) is 0 Å². The molecule has 0 saturated heterocycles. The number of esters is 1. The van der Waals surface area contributed by atoms with Crippen molar-refractivity contribution in [2.45, 2.75) is 13.3 Å². The van der Waals surface area contributed by atoms with Crippen LogP contribution >= 0.6 is 0 Å². The van der Waals surface area contributed by atoms with E-state index in [-0.39, 0.29) is 5.97 Å². The third kappa shape index (κ3) is 2.70. The van der Waals surface area contributed by atoms with Crippen LogP contribution in [-0.4, -0.2) is 17.6 Å². The highest BCUT2D eigenvalue weighted by molar-refractivity contribution is 5.97. The zero-order valence-electron chi connectivity index (χ0n) is 12.5. The van der Waals surface area contributed by atoms with Gasteiger partial charge in [0.15, 0.2) is 0 Å². The summed E-state index contributed by atoms with van der Waals surface area (Å²) < 4.78 is 5.25. The van der Waals surface area contributed by atoms with Gasteiger partial charge in [-0.2, -0.15) is 0 Å². The summed E-state index contributed by atoms with van der Waals surface area (Å²) in [6, 6.07) is 16.1. The minimum absolute atomic E-state index is 0.337. The van der Waals surface area contributed by atoms with E-state index in [2.05, 4.69) is 23.7 Å². The number of hydrogen-bond acceptors (Lipinski definition) is 3. The monoisotopic (exact) mass is 291 g/mol. The molecule has 0 saturated carbocycles. The molecule has 0 aliphatic rings. The molecule has 22 heavy (non-hydrogen) atoms. The molecule has 0 atom stereocenters. The molecule has 0 spiro atoms. The number of hydrogen-bond donors (Lipinski definition) is 0. The molecule has 0 radical (unpaired) electrons. The van der Waals surface area contributed by atoms with Crippen molar-refractivity contribution in [3.63, 3.8) is 0 Å². The van der Waals surface area contributed by atoms with Crippen LogP contribution in [0.2, 0.25) is 0 Å². The summed E-state index contributed by atoms with van der Waals surface area (Å²) in [5, 5.41) is 2.21. The molecule has 0 unspecified atom stereocenters. The maximum absolute atomic E-state index is 11.5. The van der Waals surface area contributed by atoms with Crippen LogP contribution < -0.4 is 0 Å². The second-order valence-electron chi connectivity index (χ2n) is 5.29. The molecule has 3 nitrogen and oxygen atoms in total. The van der Waals surface area contributed by atoms with E-state index in [9.17, 15) is 4.79 Å². The van der Waals surface area contributed by atoms with E-state index in [1.807, 2.05) is 36.4 Å². The van der Waals surface area contributed by atoms with Gasteiger partial charge in [-0.25, -0.2) is 9.78 Å². The van der Waals surface area contributed by atoms with Crippen molar-refractivity contribution in [2.24, 2.45) is 0 Å². The fourth-order valence-electron chi connectivity index (χ4n) is 2.57. The van der Waals surface area contributed by atoms with Crippen LogP contribution in [-0.2, 0) is 16.0 Å². The quantitative estimate of drug-likeness (QED) is 0.413. The standard InChI is InChI=1S/C19H17NO2/c1-13(2)19(21)22-12-11-14-15-7-3-5-9-17(15)20-18-10-6-4-8-16(14)18/h3-10H,1,11-12H2,2H3. The third-order valence-electron chi connectivity index (χ3n) is 3.63. The second kappa shape index (κ2) is 5.98. The first-order chi connectivity index (χ1) is 10.7. The molecular weight excluding hydrogens is 274 g/mol. The fourth-order valence-corrected chi connectivity index (χ4v) is 2.57. The van der Waals surface area contributed by atoms with Crippen molar-refractivity contribution in [3.8, 4) is 0 Å². The molecule has 3 heteroatoms. The molecule has 0 fully saturated rings. The maximum atomic E-state index is 11.5. The predicted octanol–water partition coefficient (Wildman–Crippen LogP) is 4.05. The molecule has 0 bridgehead atoms. The molecule has 0 aliphatic heterocycles. The molecule has 0 N–H and O–H groups in total. The van der Waals surface area contributed by atoms with Crippen LogP contribution in [0.25, 0.3) is 21.8 Å². The first-order valence-electron chi connectivity index (χ1n) is 7.26. The van der Waals surface area contributed by atoms with Crippen LogP contribution in [0.15, 0.2) is 60.7 Å². The molecule has 1 aromatic heterocycles. The summed E-state index contributed by atoms with van der Waals surface area (Å²) in [5.41, 5.74) is 3.50. The van der Waals surface area contributed by atoms with E-state index in [0.717, 1.165) is 27.4 Å². The topological polar surface area (TPSA) is 39.2 Å². The first-order valence-corrected chi connectivity index (χ1v) is 7.26. The van der Waals surface area contributed by atoms with Gasteiger partial charge in [-0.1, -0.05) is 43.0 Å². The zero-order valence-corrected chi connectivity index (χ0v) is 12.5. The minimum atomic E-state index is -0.345.